The lowest BCUT2D eigenvalue weighted by Gasteiger charge is -2.28. The normalized spacial score (nSPS) is 22.4. The molecule has 0 spiro atoms. The fourth-order valence-corrected chi connectivity index (χ4v) is 4.87. The van der Waals surface area contributed by atoms with E-state index in [0.29, 0.717) is 23.6 Å². The summed E-state index contributed by atoms with van der Waals surface area (Å²) in [6.07, 6.45) is 0. The number of rotatable bonds is 6. The highest BCUT2D eigenvalue weighted by atomic mass is 19.2. The van der Waals surface area contributed by atoms with Crippen molar-refractivity contribution in [2.75, 3.05) is 18.0 Å². The Morgan fingerprint density at radius 3 is 1.67 bits per heavy atom. The van der Waals surface area contributed by atoms with Crippen LogP contribution in [0, 0.1) is 29.3 Å². The molecule has 2 unspecified atom stereocenters. The van der Waals surface area contributed by atoms with Gasteiger partial charge in [0.1, 0.15) is 0 Å². The first kappa shape index (κ1) is 19.2. The van der Waals surface area contributed by atoms with Crippen LogP contribution in [0.1, 0.15) is 11.1 Å². The average molecular weight is 408 g/mol. The fraction of sp³-hybridized carbons (Fsp3) is 0.280. The maximum atomic E-state index is 13.6. The predicted molar refractivity (Wildman–Crippen MR) is 111 cm³/mol. The molecule has 2 atom stereocenters. The van der Waals surface area contributed by atoms with E-state index in [1.54, 1.807) is 0 Å². The van der Waals surface area contributed by atoms with Gasteiger partial charge in [0, 0.05) is 50.0 Å². The van der Waals surface area contributed by atoms with Crippen molar-refractivity contribution in [3.05, 3.63) is 101 Å². The molecule has 1 saturated carbocycles. The summed E-state index contributed by atoms with van der Waals surface area (Å²) < 4.78 is 40.6. The number of nitrogens with zero attached hydrogens (tertiary/aromatic N) is 2. The van der Waals surface area contributed by atoms with Gasteiger partial charge in [-0.1, -0.05) is 60.7 Å². The second kappa shape index (κ2) is 7.80. The molecule has 2 nitrogen and oxygen atoms in total. The number of hydrogen-bond donors (Lipinski definition) is 0. The number of halogens is 3. The van der Waals surface area contributed by atoms with E-state index in [4.69, 9.17) is 0 Å². The lowest BCUT2D eigenvalue weighted by Crippen LogP contribution is -2.34. The first-order valence-corrected chi connectivity index (χ1v) is 10.3. The highest BCUT2D eigenvalue weighted by Crippen LogP contribution is 2.50. The summed E-state index contributed by atoms with van der Waals surface area (Å²) in [4.78, 5) is 4.49. The molecule has 2 aliphatic rings. The molecular formula is C25H23F3N2. The van der Waals surface area contributed by atoms with Crippen molar-refractivity contribution >= 4 is 5.69 Å². The van der Waals surface area contributed by atoms with Crippen molar-refractivity contribution in [2.45, 2.75) is 19.1 Å². The summed E-state index contributed by atoms with van der Waals surface area (Å²) in [6.45, 7) is 3.21. The average Bonchev–Trinajstić information content (AvgIpc) is 3.25. The lowest BCUT2D eigenvalue weighted by atomic mass is 10.1. The van der Waals surface area contributed by atoms with Crippen LogP contribution in [0.15, 0.2) is 72.8 Å². The van der Waals surface area contributed by atoms with Crippen molar-refractivity contribution < 1.29 is 13.2 Å². The predicted octanol–water partition coefficient (Wildman–Crippen LogP) is 5.24. The third-order valence-corrected chi connectivity index (χ3v) is 6.36. The maximum absolute atomic E-state index is 13.6. The van der Waals surface area contributed by atoms with Crippen LogP contribution < -0.4 is 4.90 Å². The standard InChI is InChI=1S/C25H23F3N2/c26-22-11-19(12-23(27)24(22)28)29-15-20-21(16-29)25(20)30(13-17-7-3-1-4-8-17)14-18-9-5-2-6-10-18/h1-12,20-21,25H,13-16H2. The summed E-state index contributed by atoms with van der Waals surface area (Å²) in [5, 5.41) is 0. The molecule has 30 heavy (non-hydrogen) atoms. The molecule has 1 saturated heterocycles. The molecule has 0 N–H and O–H groups in total. The van der Waals surface area contributed by atoms with Crippen molar-refractivity contribution in [1.29, 1.82) is 0 Å². The molecule has 0 bridgehead atoms. The van der Waals surface area contributed by atoms with Crippen LogP contribution in [-0.2, 0) is 13.1 Å². The Hall–Kier alpha value is -2.79. The first-order chi connectivity index (χ1) is 14.6. The Balaban J connectivity index is 1.31. The number of benzene rings is 3. The van der Waals surface area contributed by atoms with E-state index in [-0.39, 0.29) is 0 Å². The van der Waals surface area contributed by atoms with Gasteiger partial charge in [0.25, 0.3) is 0 Å². The van der Waals surface area contributed by atoms with E-state index in [1.807, 2.05) is 17.0 Å². The van der Waals surface area contributed by atoms with E-state index in [9.17, 15) is 13.2 Å². The number of piperidine rings is 1. The van der Waals surface area contributed by atoms with Crippen molar-refractivity contribution in [1.82, 2.24) is 4.90 Å². The first-order valence-electron chi connectivity index (χ1n) is 10.3. The molecule has 3 aromatic rings. The Labute approximate surface area is 174 Å². The van der Waals surface area contributed by atoms with E-state index in [0.717, 1.165) is 38.3 Å². The van der Waals surface area contributed by atoms with Gasteiger partial charge in [0.05, 0.1) is 0 Å². The van der Waals surface area contributed by atoms with Gasteiger partial charge >= 0.3 is 0 Å². The third-order valence-electron chi connectivity index (χ3n) is 6.36. The minimum Gasteiger partial charge on any atom is -0.371 e. The van der Waals surface area contributed by atoms with Gasteiger partial charge in [-0.05, 0) is 23.0 Å². The molecule has 0 radical (unpaired) electrons. The van der Waals surface area contributed by atoms with Crippen LogP contribution in [-0.4, -0.2) is 24.0 Å². The van der Waals surface area contributed by atoms with Crippen LogP contribution >= 0.6 is 0 Å². The van der Waals surface area contributed by atoms with E-state index in [2.05, 4.69) is 53.4 Å². The Morgan fingerprint density at radius 1 is 0.733 bits per heavy atom. The molecule has 154 valence electrons. The molecule has 5 heteroatoms. The second-order valence-corrected chi connectivity index (χ2v) is 8.32. The van der Waals surface area contributed by atoms with Crippen molar-refractivity contribution in [3.8, 4) is 0 Å². The molecule has 5 rings (SSSR count). The highest BCUT2D eigenvalue weighted by molar-refractivity contribution is 5.50. The van der Waals surface area contributed by atoms with Crippen LogP contribution in [0.5, 0.6) is 0 Å². The van der Waals surface area contributed by atoms with Gasteiger partial charge in [0.15, 0.2) is 17.5 Å². The topological polar surface area (TPSA) is 6.48 Å². The zero-order chi connectivity index (χ0) is 20.7. The molecule has 1 heterocycles. The van der Waals surface area contributed by atoms with Crippen molar-refractivity contribution in [3.63, 3.8) is 0 Å². The molecule has 3 aromatic carbocycles. The summed E-state index contributed by atoms with van der Waals surface area (Å²) in [5.41, 5.74) is 2.98. The molecule has 1 aliphatic carbocycles. The molecule has 1 aliphatic heterocycles. The van der Waals surface area contributed by atoms with Crippen molar-refractivity contribution in [2.24, 2.45) is 11.8 Å². The van der Waals surface area contributed by atoms with Crippen LogP contribution in [0.25, 0.3) is 0 Å². The van der Waals surface area contributed by atoms with E-state index >= 15 is 0 Å². The minimum atomic E-state index is -1.40. The minimum absolute atomic E-state index is 0.426. The van der Waals surface area contributed by atoms with Gasteiger partial charge in [-0.25, -0.2) is 13.2 Å². The molecule has 0 aromatic heterocycles. The van der Waals surface area contributed by atoms with Crippen LogP contribution in [0.4, 0.5) is 18.9 Å². The molecule has 2 fully saturated rings. The molecule has 0 amide bonds. The Morgan fingerprint density at radius 2 is 1.20 bits per heavy atom. The summed E-state index contributed by atoms with van der Waals surface area (Å²) in [6, 6.07) is 23.5. The summed E-state index contributed by atoms with van der Waals surface area (Å²) in [5.74, 6) is -2.76. The highest BCUT2D eigenvalue weighted by Gasteiger charge is 2.58. The Kier molecular flexibility index (Phi) is 4.99. The number of anilines is 1. The Bertz CT molecular complexity index is 949. The van der Waals surface area contributed by atoms with E-state index < -0.39 is 17.5 Å². The summed E-state index contributed by atoms with van der Waals surface area (Å²) >= 11 is 0. The SMILES string of the molecule is Fc1cc(N2CC3C(C2)C3N(Cc2ccccc2)Cc2ccccc2)cc(F)c1F. The quantitative estimate of drug-likeness (QED) is 0.515. The lowest BCUT2D eigenvalue weighted by molar-refractivity contribution is 0.222. The van der Waals surface area contributed by atoms with Crippen LogP contribution in [0.2, 0.25) is 0 Å². The summed E-state index contributed by atoms with van der Waals surface area (Å²) in [7, 11) is 0. The zero-order valence-corrected chi connectivity index (χ0v) is 16.5. The third kappa shape index (κ3) is 3.70. The van der Waals surface area contributed by atoms with Gasteiger partial charge < -0.3 is 4.90 Å². The largest absolute Gasteiger partial charge is 0.371 e. The maximum Gasteiger partial charge on any atom is 0.194 e. The fourth-order valence-electron chi connectivity index (χ4n) is 4.87. The number of fused-ring (bicyclic) bond motifs is 1. The van der Waals surface area contributed by atoms with Crippen LogP contribution in [0.3, 0.4) is 0 Å². The second-order valence-electron chi connectivity index (χ2n) is 8.32. The van der Waals surface area contributed by atoms with Gasteiger partial charge in [-0.15, -0.1) is 0 Å². The van der Waals surface area contributed by atoms with Gasteiger partial charge in [0.2, 0.25) is 0 Å². The number of hydrogen-bond acceptors (Lipinski definition) is 2. The monoisotopic (exact) mass is 408 g/mol. The van der Waals surface area contributed by atoms with Gasteiger partial charge in [-0.3, -0.25) is 4.90 Å². The van der Waals surface area contributed by atoms with Gasteiger partial charge in [-0.2, -0.15) is 0 Å². The zero-order valence-electron chi connectivity index (χ0n) is 16.5. The van der Waals surface area contributed by atoms with E-state index in [1.165, 1.54) is 11.1 Å². The smallest absolute Gasteiger partial charge is 0.194 e. The molecular weight excluding hydrogens is 385 g/mol.